The summed E-state index contributed by atoms with van der Waals surface area (Å²) in [6.45, 7) is 3.54. The van der Waals surface area contributed by atoms with Crippen molar-refractivity contribution in [2.45, 2.75) is 75.9 Å². The van der Waals surface area contributed by atoms with Gasteiger partial charge in [-0.15, -0.1) is 0 Å². The maximum atomic E-state index is 14.3. The van der Waals surface area contributed by atoms with Gasteiger partial charge in [-0.3, -0.25) is 13.9 Å². The number of methoxy groups -OCH3 is 1. The maximum absolute atomic E-state index is 14.3. The number of rotatable bonds is 12. The van der Waals surface area contributed by atoms with Gasteiger partial charge in [0.1, 0.15) is 18.3 Å². The third kappa shape index (κ3) is 7.50. The van der Waals surface area contributed by atoms with Gasteiger partial charge in [0, 0.05) is 18.7 Å². The van der Waals surface area contributed by atoms with E-state index in [0.29, 0.717) is 17.9 Å². The van der Waals surface area contributed by atoms with Crippen molar-refractivity contribution in [3.8, 4) is 5.75 Å². The van der Waals surface area contributed by atoms with Crippen LogP contribution in [0.5, 0.6) is 5.75 Å². The zero-order chi connectivity index (χ0) is 30.1. The largest absolute Gasteiger partial charge is 0.497 e. The number of anilines is 1. The van der Waals surface area contributed by atoms with E-state index in [0.717, 1.165) is 47.5 Å². The van der Waals surface area contributed by atoms with E-state index >= 15 is 0 Å². The van der Waals surface area contributed by atoms with E-state index in [1.807, 2.05) is 38.1 Å². The minimum Gasteiger partial charge on any atom is -0.497 e. The van der Waals surface area contributed by atoms with Gasteiger partial charge >= 0.3 is 0 Å². The zero-order valence-corrected chi connectivity index (χ0v) is 25.5. The molecule has 224 valence electrons. The summed E-state index contributed by atoms with van der Waals surface area (Å²) in [6, 6.07) is 21.7. The molecule has 1 unspecified atom stereocenters. The van der Waals surface area contributed by atoms with E-state index in [2.05, 4.69) is 5.32 Å². The highest BCUT2D eigenvalue weighted by atomic mass is 32.2. The second kappa shape index (κ2) is 14.4. The van der Waals surface area contributed by atoms with Gasteiger partial charge in [-0.05, 0) is 61.6 Å². The second-order valence-corrected chi connectivity index (χ2v) is 12.6. The molecule has 0 radical (unpaired) electrons. The van der Waals surface area contributed by atoms with E-state index in [1.165, 1.54) is 24.1 Å². The molecule has 1 aliphatic rings. The first-order valence-corrected chi connectivity index (χ1v) is 16.0. The van der Waals surface area contributed by atoms with Crippen LogP contribution in [-0.2, 0) is 26.2 Å². The van der Waals surface area contributed by atoms with E-state index in [1.54, 1.807) is 42.5 Å². The molecule has 0 aromatic heterocycles. The fourth-order valence-electron chi connectivity index (χ4n) is 5.45. The fourth-order valence-corrected chi connectivity index (χ4v) is 6.88. The number of aryl methyl sites for hydroxylation is 1. The number of nitrogens with one attached hydrogen (secondary N) is 1. The quantitative estimate of drug-likeness (QED) is 0.302. The summed E-state index contributed by atoms with van der Waals surface area (Å²) < 4.78 is 34.4. The van der Waals surface area contributed by atoms with Gasteiger partial charge in [-0.2, -0.15) is 0 Å². The monoisotopic (exact) mass is 591 g/mol. The molecular weight excluding hydrogens is 550 g/mol. The van der Waals surface area contributed by atoms with E-state index in [9.17, 15) is 18.0 Å². The molecule has 3 aromatic carbocycles. The van der Waals surface area contributed by atoms with Gasteiger partial charge in [-0.25, -0.2) is 8.42 Å². The van der Waals surface area contributed by atoms with Crippen molar-refractivity contribution in [3.63, 3.8) is 0 Å². The Morgan fingerprint density at radius 1 is 0.952 bits per heavy atom. The molecule has 9 heteroatoms. The zero-order valence-electron chi connectivity index (χ0n) is 24.7. The van der Waals surface area contributed by atoms with Crippen LogP contribution in [0.3, 0.4) is 0 Å². The molecule has 0 aliphatic heterocycles. The van der Waals surface area contributed by atoms with Crippen LogP contribution in [0.1, 0.15) is 56.6 Å². The molecule has 0 heterocycles. The molecule has 4 rings (SSSR count). The van der Waals surface area contributed by atoms with Crippen LogP contribution in [0.15, 0.2) is 83.8 Å². The van der Waals surface area contributed by atoms with Crippen LogP contribution in [-0.4, -0.2) is 50.9 Å². The third-order valence-electron chi connectivity index (χ3n) is 7.89. The highest BCUT2D eigenvalue weighted by Crippen LogP contribution is 2.28. The lowest BCUT2D eigenvalue weighted by molar-refractivity contribution is -0.140. The summed E-state index contributed by atoms with van der Waals surface area (Å²) in [4.78, 5) is 29.5. The normalized spacial score (nSPS) is 14.5. The molecule has 3 aromatic rings. The van der Waals surface area contributed by atoms with Gasteiger partial charge in [-0.1, -0.05) is 74.7 Å². The molecule has 1 saturated carbocycles. The fraction of sp³-hybridized carbons (Fsp3) is 0.394. The molecule has 1 aliphatic carbocycles. The Kier molecular flexibility index (Phi) is 10.6. The number of sulfonamides is 1. The van der Waals surface area contributed by atoms with E-state index in [-0.39, 0.29) is 23.4 Å². The predicted octanol–water partition coefficient (Wildman–Crippen LogP) is 5.46. The Balaban J connectivity index is 1.72. The predicted molar refractivity (Wildman–Crippen MR) is 165 cm³/mol. The molecule has 0 bridgehead atoms. The minimum atomic E-state index is -4.13. The highest BCUT2D eigenvalue weighted by Gasteiger charge is 2.34. The number of carbonyl (C=O) groups is 2. The molecular formula is C33H41N3O5S. The first kappa shape index (κ1) is 31.1. The maximum Gasteiger partial charge on any atom is 0.264 e. The first-order valence-electron chi connectivity index (χ1n) is 14.6. The van der Waals surface area contributed by atoms with Crippen LogP contribution < -0.4 is 14.4 Å². The molecule has 1 atom stereocenters. The summed E-state index contributed by atoms with van der Waals surface area (Å²) in [5, 5.41) is 3.18. The molecule has 2 amide bonds. The van der Waals surface area contributed by atoms with Crippen LogP contribution in [0, 0.1) is 6.92 Å². The second-order valence-electron chi connectivity index (χ2n) is 10.7. The number of ether oxygens (including phenoxy) is 1. The summed E-state index contributed by atoms with van der Waals surface area (Å²) in [6.07, 6.45) is 5.54. The van der Waals surface area contributed by atoms with Crippen molar-refractivity contribution in [3.05, 3.63) is 90.0 Å². The van der Waals surface area contributed by atoms with Crippen LogP contribution in [0.4, 0.5) is 5.69 Å². The van der Waals surface area contributed by atoms with Crippen molar-refractivity contribution < 1.29 is 22.7 Å². The lowest BCUT2D eigenvalue weighted by Crippen LogP contribution is -2.54. The van der Waals surface area contributed by atoms with Crippen molar-refractivity contribution in [2.75, 3.05) is 18.0 Å². The number of hydrogen-bond donors (Lipinski definition) is 1. The van der Waals surface area contributed by atoms with Gasteiger partial charge in [0.15, 0.2) is 0 Å². The number of carbonyl (C=O) groups excluding carboxylic acids is 2. The smallest absolute Gasteiger partial charge is 0.264 e. The van der Waals surface area contributed by atoms with Crippen molar-refractivity contribution in [2.24, 2.45) is 0 Å². The number of benzene rings is 3. The highest BCUT2D eigenvalue weighted by molar-refractivity contribution is 7.92. The summed E-state index contributed by atoms with van der Waals surface area (Å²) in [5.74, 6) is -0.209. The van der Waals surface area contributed by atoms with Gasteiger partial charge in [0.25, 0.3) is 10.0 Å². The third-order valence-corrected chi connectivity index (χ3v) is 9.68. The molecule has 1 N–H and O–H groups in total. The molecule has 1 fully saturated rings. The average Bonchev–Trinajstić information content (AvgIpc) is 3.01. The van der Waals surface area contributed by atoms with E-state index < -0.39 is 28.5 Å². The SMILES string of the molecule is CCC(C(=O)NC1CCCCC1)N(Cc1ccccc1C)C(=O)CN(c1cccc(OC)c1)S(=O)(=O)c1ccccc1. The Labute approximate surface area is 249 Å². The Morgan fingerprint density at radius 3 is 2.31 bits per heavy atom. The summed E-state index contributed by atoms with van der Waals surface area (Å²) >= 11 is 0. The Hall–Kier alpha value is -3.85. The van der Waals surface area contributed by atoms with Crippen molar-refractivity contribution >= 4 is 27.5 Å². The lowest BCUT2D eigenvalue weighted by Gasteiger charge is -2.34. The molecule has 8 nitrogen and oxygen atoms in total. The number of amides is 2. The van der Waals surface area contributed by atoms with Gasteiger partial charge in [0.05, 0.1) is 17.7 Å². The number of hydrogen-bond acceptors (Lipinski definition) is 5. The topological polar surface area (TPSA) is 96.0 Å². The summed E-state index contributed by atoms with van der Waals surface area (Å²) in [5.41, 5.74) is 2.18. The Morgan fingerprint density at radius 2 is 1.64 bits per heavy atom. The average molecular weight is 592 g/mol. The van der Waals surface area contributed by atoms with Crippen molar-refractivity contribution in [1.29, 1.82) is 0 Å². The summed E-state index contributed by atoms with van der Waals surface area (Å²) in [7, 11) is -2.63. The molecule has 42 heavy (non-hydrogen) atoms. The van der Waals surface area contributed by atoms with Gasteiger partial charge < -0.3 is 15.0 Å². The first-order chi connectivity index (χ1) is 20.2. The minimum absolute atomic E-state index is 0.0631. The Bertz CT molecular complexity index is 1460. The van der Waals surface area contributed by atoms with Gasteiger partial charge in [0.2, 0.25) is 11.8 Å². The van der Waals surface area contributed by atoms with Crippen molar-refractivity contribution in [1.82, 2.24) is 10.2 Å². The molecule has 0 saturated heterocycles. The van der Waals surface area contributed by atoms with Crippen LogP contribution in [0.2, 0.25) is 0 Å². The number of nitrogens with zero attached hydrogens (tertiary/aromatic N) is 2. The van der Waals surface area contributed by atoms with Crippen LogP contribution >= 0.6 is 0 Å². The van der Waals surface area contributed by atoms with Crippen LogP contribution in [0.25, 0.3) is 0 Å². The lowest BCUT2D eigenvalue weighted by atomic mass is 9.95. The molecule has 0 spiro atoms. The standard InChI is InChI=1S/C33H41N3O5S/c1-4-31(33(38)34-27-16-7-5-8-17-27)35(23-26-15-12-11-14-25(26)2)32(37)24-36(28-18-13-19-29(22-28)41-3)42(39,40)30-20-9-6-10-21-30/h6,9-15,18-22,27,31H,4-5,7-8,16-17,23-24H2,1-3H3,(H,34,38). The van der Waals surface area contributed by atoms with E-state index in [4.69, 9.17) is 4.74 Å².